The van der Waals surface area contributed by atoms with Crippen molar-refractivity contribution in [3.8, 4) is 0 Å². The lowest BCUT2D eigenvalue weighted by molar-refractivity contribution is -0.113. The topological polar surface area (TPSA) is 76.4 Å². The molecule has 0 saturated carbocycles. The van der Waals surface area contributed by atoms with Gasteiger partial charge in [-0.3, -0.25) is 9.59 Å². The second-order valence-corrected chi connectivity index (χ2v) is 7.32. The quantitative estimate of drug-likeness (QED) is 0.693. The monoisotopic (exact) mass is 396 g/mol. The van der Waals surface area contributed by atoms with Gasteiger partial charge in [0.05, 0.1) is 17.1 Å². The minimum Gasteiger partial charge on any atom is -0.323 e. The summed E-state index contributed by atoms with van der Waals surface area (Å²) in [6, 6.07) is 4.22. The molecule has 1 aromatic carbocycles. The van der Waals surface area contributed by atoms with Crippen molar-refractivity contribution in [2.75, 3.05) is 11.1 Å². The molecule has 1 N–H and O–H groups in total. The Morgan fingerprint density at radius 2 is 2.15 bits per heavy atom. The van der Waals surface area contributed by atoms with Gasteiger partial charge >= 0.3 is 0 Å². The Morgan fingerprint density at radius 1 is 1.35 bits per heavy atom. The van der Waals surface area contributed by atoms with Gasteiger partial charge in [0, 0.05) is 17.9 Å². The van der Waals surface area contributed by atoms with Crippen LogP contribution in [0.15, 0.2) is 29.1 Å². The molecular formula is C16H14F2N4O2S2. The Balaban J connectivity index is 1.60. The number of rotatable bonds is 6. The standard InChI is InChI=1S/C16H14F2N4O2S2/c1-2-14-21-22-15(24)6-10(19-16(22)26-14)7-25-8-13(23)20-12-5-9(17)3-4-11(12)18/h3-6H,2,7-8H2,1H3,(H,20,23). The number of thioether (sulfide) groups is 1. The van der Waals surface area contributed by atoms with Crippen molar-refractivity contribution in [3.63, 3.8) is 0 Å². The summed E-state index contributed by atoms with van der Waals surface area (Å²) >= 11 is 2.56. The van der Waals surface area contributed by atoms with Crippen LogP contribution in [0.4, 0.5) is 14.5 Å². The molecule has 0 radical (unpaired) electrons. The first-order chi connectivity index (χ1) is 12.5. The predicted molar refractivity (Wildman–Crippen MR) is 97.7 cm³/mol. The first-order valence-corrected chi connectivity index (χ1v) is 9.64. The van der Waals surface area contributed by atoms with Gasteiger partial charge in [-0.25, -0.2) is 13.8 Å². The van der Waals surface area contributed by atoms with E-state index >= 15 is 0 Å². The molecule has 0 aliphatic carbocycles. The smallest absolute Gasteiger partial charge is 0.275 e. The number of fused-ring (bicyclic) bond motifs is 1. The number of carbonyl (C=O) groups is 1. The second-order valence-electron chi connectivity index (χ2n) is 5.29. The highest BCUT2D eigenvalue weighted by molar-refractivity contribution is 7.99. The van der Waals surface area contributed by atoms with Crippen LogP contribution in [0.2, 0.25) is 0 Å². The van der Waals surface area contributed by atoms with E-state index in [4.69, 9.17) is 0 Å². The molecule has 2 aromatic heterocycles. The third-order valence-electron chi connectivity index (χ3n) is 3.33. The van der Waals surface area contributed by atoms with Crippen LogP contribution in [0, 0.1) is 11.6 Å². The highest BCUT2D eigenvalue weighted by Crippen LogP contribution is 2.17. The average molecular weight is 396 g/mol. The fraction of sp³-hybridized carbons (Fsp3) is 0.250. The summed E-state index contributed by atoms with van der Waals surface area (Å²) in [6.45, 7) is 1.94. The maximum absolute atomic E-state index is 13.5. The van der Waals surface area contributed by atoms with E-state index in [0.29, 0.717) is 22.8 Å². The number of aromatic nitrogens is 3. The molecule has 26 heavy (non-hydrogen) atoms. The Hall–Kier alpha value is -2.33. The highest BCUT2D eigenvalue weighted by atomic mass is 32.2. The van der Waals surface area contributed by atoms with Gasteiger partial charge < -0.3 is 5.32 Å². The fourth-order valence-electron chi connectivity index (χ4n) is 2.14. The van der Waals surface area contributed by atoms with Gasteiger partial charge in [-0.2, -0.15) is 9.61 Å². The lowest BCUT2D eigenvalue weighted by Crippen LogP contribution is -2.17. The van der Waals surface area contributed by atoms with Crippen molar-refractivity contribution in [3.05, 3.63) is 57.0 Å². The van der Waals surface area contributed by atoms with Gasteiger partial charge in [-0.1, -0.05) is 18.3 Å². The van der Waals surface area contributed by atoms with E-state index in [2.05, 4.69) is 15.4 Å². The molecule has 0 aliphatic rings. The summed E-state index contributed by atoms with van der Waals surface area (Å²) < 4.78 is 27.9. The Kier molecular flexibility index (Phi) is 5.62. The van der Waals surface area contributed by atoms with Crippen LogP contribution in [-0.2, 0) is 17.0 Å². The van der Waals surface area contributed by atoms with E-state index in [0.717, 1.165) is 23.2 Å². The zero-order chi connectivity index (χ0) is 18.7. The lowest BCUT2D eigenvalue weighted by Gasteiger charge is -2.06. The van der Waals surface area contributed by atoms with Gasteiger partial charge in [0.15, 0.2) is 0 Å². The zero-order valence-electron chi connectivity index (χ0n) is 13.7. The highest BCUT2D eigenvalue weighted by Gasteiger charge is 2.11. The molecule has 3 aromatic rings. The number of hydrogen-bond acceptors (Lipinski definition) is 6. The minimum atomic E-state index is -0.707. The van der Waals surface area contributed by atoms with Crippen LogP contribution in [-0.4, -0.2) is 26.3 Å². The third-order valence-corrected chi connectivity index (χ3v) is 5.35. The van der Waals surface area contributed by atoms with Crippen molar-refractivity contribution in [1.82, 2.24) is 14.6 Å². The largest absolute Gasteiger partial charge is 0.323 e. The van der Waals surface area contributed by atoms with Crippen LogP contribution >= 0.6 is 23.1 Å². The molecule has 10 heteroatoms. The number of anilines is 1. The van der Waals surface area contributed by atoms with Gasteiger partial charge in [0.1, 0.15) is 16.6 Å². The van der Waals surface area contributed by atoms with E-state index in [1.165, 1.54) is 33.7 Å². The predicted octanol–water partition coefficient (Wildman–Crippen LogP) is 2.86. The van der Waals surface area contributed by atoms with Crippen LogP contribution < -0.4 is 10.9 Å². The van der Waals surface area contributed by atoms with Crippen molar-refractivity contribution in [2.45, 2.75) is 19.1 Å². The van der Waals surface area contributed by atoms with E-state index in [1.54, 1.807) is 0 Å². The van der Waals surface area contributed by atoms with E-state index < -0.39 is 17.5 Å². The summed E-state index contributed by atoms with van der Waals surface area (Å²) in [5, 5.41) is 7.30. The molecule has 3 rings (SSSR count). The van der Waals surface area contributed by atoms with E-state index in [9.17, 15) is 18.4 Å². The van der Waals surface area contributed by atoms with Crippen LogP contribution in [0.5, 0.6) is 0 Å². The Bertz CT molecular complexity index is 1020. The van der Waals surface area contributed by atoms with Crippen LogP contribution in [0.1, 0.15) is 17.6 Å². The number of nitrogens with one attached hydrogen (secondary N) is 1. The summed E-state index contributed by atoms with van der Waals surface area (Å²) in [7, 11) is 0. The normalized spacial score (nSPS) is 11.0. The second kappa shape index (κ2) is 7.92. The number of aryl methyl sites for hydroxylation is 1. The first-order valence-electron chi connectivity index (χ1n) is 7.67. The maximum Gasteiger partial charge on any atom is 0.275 e. The van der Waals surface area contributed by atoms with Crippen molar-refractivity contribution < 1.29 is 13.6 Å². The molecule has 0 bridgehead atoms. The van der Waals surface area contributed by atoms with Crippen LogP contribution in [0.25, 0.3) is 4.96 Å². The van der Waals surface area contributed by atoms with Gasteiger partial charge in [-0.05, 0) is 18.6 Å². The molecular weight excluding hydrogens is 382 g/mol. The molecule has 0 spiro atoms. The van der Waals surface area contributed by atoms with Crippen molar-refractivity contribution >= 4 is 39.7 Å². The van der Waals surface area contributed by atoms with Crippen molar-refractivity contribution in [1.29, 1.82) is 0 Å². The average Bonchev–Trinajstić information content (AvgIpc) is 3.02. The molecule has 0 atom stereocenters. The van der Waals surface area contributed by atoms with Crippen LogP contribution in [0.3, 0.4) is 0 Å². The molecule has 136 valence electrons. The third kappa shape index (κ3) is 4.25. The summed E-state index contributed by atoms with van der Waals surface area (Å²) in [5.74, 6) is -1.46. The molecule has 0 saturated heterocycles. The molecule has 0 aliphatic heterocycles. The molecule has 1 amide bonds. The molecule has 0 unspecified atom stereocenters. The lowest BCUT2D eigenvalue weighted by atomic mass is 10.3. The number of halogens is 2. The van der Waals surface area contributed by atoms with E-state index in [-0.39, 0.29) is 17.0 Å². The SMILES string of the molecule is CCc1nn2c(=O)cc(CSCC(=O)Nc3cc(F)ccc3F)nc2s1. The number of amides is 1. The van der Waals surface area contributed by atoms with Gasteiger partial charge in [-0.15, -0.1) is 11.8 Å². The van der Waals surface area contributed by atoms with Crippen molar-refractivity contribution in [2.24, 2.45) is 0 Å². The van der Waals surface area contributed by atoms with Gasteiger partial charge in [0.2, 0.25) is 10.9 Å². The summed E-state index contributed by atoms with van der Waals surface area (Å²) in [6.07, 6.45) is 0.717. The fourth-order valence-corrected chi connectivity index (χ4v) is 3.71. The Morgan fingerprint density at radius 3 is 2.92 bits per heavy atom. The maximum atomic E-state index is 13.5. The number of carbonyl (C=O) groups excluding carboxylic acids is 1. The van der Waals surface area contributed by atoms with Gasteiger partial charge in [0.25, 0.3) is 5.56 Å². The number of benzene rings is 1. The van der Waals surface area contributed by atoms with E-state index in [1.807, 2.05) is 6.92 Å². The Labute approximate surface area is 155 Å². The number of hydrogen-bond donors (Lipinski definition) is 1. The molecule has 0 fully saturated rings. The first kappa shape index (κ1) is 18.5. The molecule has 6 nitrogen and oxygen atoms in total. The minimum absolute atomic E-state index is 0.0138. The summed E-state index contributed by atoms with van der Waals surface area (Å²) in [4.78, 5) is 28.8. The molecule has 2 heterocycles. The number of nitrogens with zero attached hydrogens (tertiary/aromatic N) is 3. The summed E-state index contributed by atoms with van der Waals surface area (Å²) in [5.41, 5.74) is 0.0639. The zero-order valence-corrected chi connectivity index (χ0v) is 15.3.